The van der Waals surface area contributed by atoms with E-state index in [9.17, 15) is 0 Å². The predicted octanol–water partition coefficient (Wildman–Crippen LogP) is 3.79. The van der Waals surface area contributed by atoms with Gasteiger partial charge in [-0.15, -0.1) is 10.2 Å². The summed E-state index contributed by atoms with van der Waals surface area (Å²) in [6.07, 6.45) is 3.67. The van der Waals surface area contributed by atoms with Crippen molar-refractivity contribution < 1.29 is 9.84 Å². The van der Waals surface area contributed by atoms with E-state index in [1.807, 2.05) is 12.1 Å². The minimum atomic E-state index is -0.0729. The third-order valence-electron chi connectivity index (χ3n) is 4.53. The summed E-state index contributed by atoms with van der Waals surface area (Å²) in [5.41, 5.74) is 2.19. The number of rotatable bonds is 5. The van der Waals surface area contributed by atoms with E-state index in [2.05, 4.69) is 32.2 Å². The zero-order valence-electron chi connectivity index (χ0n) is 14.6. The Morgan fingerprint density at radius 3 is 2.59 bits per heavy atom. The molecular weight excluding hydrogens is 384 g/mol. The Bertz CT molecular complexity index is 895. The van der Waals surface area contributed by atoms with Crippen LogP contribution in [0.1, 0.15) is 17.8 Å². The Balaban J connectivity index is 1.36. The van der Waals surface area contributed by atoms with Crippen molar-refractivity contribution >= 4 is 28.6 Å². The quantitative estimate of drug-likeness (QED) is 0.700. The highest BCUT2D eigenvalue weighted by Crippen LogP contribution is 2.29. The molecule has 1 aromatic carbocycles. The Morgan fingerprint density at radius 2 is 1.93 bits per heavy atom. The molecule has 1 N–H and O–H groups in total. The molecule has 0 saturated carbocycles. The van der Waals surface area contributed by atoms with Crippen LogP contribution in [0.2, 0.25) is 5.02 Å². The van der Waals surface area contributed by atoms with Gasteiger partial charge in [0.15, 0.2) is 0 Å². The third-order valence-corrected chi connectivity index (χ3v) is 5.77. The number of piperidine rings is 1. The molecule has 3 heterocycles. The number of benzene rings is 1. The summed E-state index contributed by atoms with van der Waals surface area (Å²) >= 11 is 7.53. The Hall–Kier alpha value is -2.22. The SMILES string of the molecule is OCc1nnc(-c2ccc(N3CCC(Oc4ncccc4Cl)CC3)cc2)s1. The van der Waals surface area contributed by atoms with Gasteiger partial charge in [0.25, 0.3) is 0 Å². The van der Waals surface area contributed by atoms with Crippen molar-refractivity contribution in [2.75, 3.05) is 18.0 Å². The Labute approximate surface area is 166 Å². The van der Waals surface area contributed by atoms with Crippen LogP contribution in [-0.2, 0) is 6.61 Å². The van der Waals surface area contributed by atoms with Gasteiger partial charge in [0.1, 0.15) is 21.1 Å². The number of anilines is 1. The van der Waals surface area contributed by atoms with Crippen LogP contribution in [0.4, 0.5) is 5.69 Å². The van der Waals surface area contributed by atoms with Crippen LogP contribution in [0.3, 0.4) is 0 Å². The fourth-order valence-corrected chi connectivity index (χ4v) is 3.97. The molecule has 2 aromatic heterocycles. The van der Waals surface area contributed by atoms with E-state index in [1.54, 1.807) is 18.3 Å². The fraction of sp³-hybridized carbons (Fsp3) is 0.316. The number of aromatic nitrogens is 3. The molecule has 0 aliphatic carbocycles. The van der Waals surface area contributed by atoms with E-state index >= 15 is 0 Å². The number of hydrogen-bond donors (Lipinski definition) is 1. The Kier molecular flexibility index (Phi) is 5.52. The van der Waals surface area contributed by atoms with Gasteiger partial charge in [0, 0.05) is 43.4 Å². The van der Waals surface area contributed by atoms with E-state index in [-0.39, 0.29) is 12.7 Å². The maximum atomic E-state index is 9.12. The minimum Gasteiger partial charge on any atom is -0.473 e. The van der Waals surface area contributed by atoms with Gasteiger partial charge in [-0.05, 0) is 36.4 Å². The molecule has 0 amide bonds. The first-order chi connectivity index (χ1) is 13.2. The van der Waals surface area contributed by atoms with Crippen molar-refractivity contribution in [2.24, 2.45) is 0 Å². The van der Waals surface area contributed by atoms with E-state index in [0.29, 0.717) is 15.9 Å². The molecule has 3 aromatic rings. The molecule has 140 valence electrons. The molecule has 4 rings (SSSR count). The van der Waals surface area contributed by atoms with Gasteiger partial charge >= 0.3 is 0 Å². The van der Waals surface area contributed by atoms with Gasteiger partial charge in [-0.3, -0.25) is 0 Å². The standard InChI is InChI=1S/C19H19ClN4O2S/c20-16-2-1-9-21-18(16)26-15-7-10-24(11-8-15)14-5-3-13(4-6-14)19-23-22-17(12-25)27-19/h1-6,9,15,25H,7-8,10-12H2. The molecule has 0 bridgehead atoms. The van der Waals surface area contributed by atoms with Gasteiger partial charge in [-0.1, -0.05) is 22.9 Å². The monoisotopic (exact) mass is 402 g/mol. The van der Waals surface area contributed by atoms with Crippen LogP contribution in [0, 0.1) is 0 Å². The summed E-state index contributed by atoms with van der Waals surface area (Å²) < 4.78 is 5.96. The van der Waals surface area contributed by atoms with Gasteiger partial charge in [-0.25, -0.2) is 4.98 Å². The lowest BCUT2D eigenvalue weighted by Gasteiger charge is -2.33. The molecule has 8 heteroatoms. The topological polar surface area (TPSA) is 71.4 Å². The molecule has 1 aliphatic heterocycles. The van der Waals surface area contributed by atoms with Crippen LogP contribution < -0.4 is 9.64 Å². The highest BCUT2D eigenvalue weighted by molar-refractivity contribution is 7.14. The van der Waals surface area contributed by atoms with Gasteiger partial charge in [-0.2, -0.15) is 0 Å². The first kappa shape index (κ1) is 18.2. The molecule has 1 aliphatic rings. The molecule has 0 unspecified atom stereocenters. The van der Waals surface area contributed by atoms with Crippen molar-refractivity contribution in [3.8, 4) is 16.5 Å². The first-order valence-corrected chi connectivity index (χ1v) is 9.98. The zero-order valence-corrected chi connectivity index (χ0v) is 16.2. The molecule has 0 spiro atoms. The highest BCUT2D eigenvalue weighted by Gasteiger charge is 2.22. The lowest BCUT2D eigenvalue weighted by molar-refractivity contribution is 0.164. The number of ether oxygens (including phenoxy) is 1. The average molecular weight is 403 g/mol. The number of aliphatic hydroxyl groups excluding tert-OH is 1. The van der Waals surface area contributed by atoms with Crippen molar-refractivity contribution in [1.82, 2.24) is 15.2 Å². The second-order valence-electron chi connectivity index (χ2n) is 6.30. The van der Waals surface area contributed by atoms with Crippen LogP contribution >= 0.6 is 22.9 Å². The van der Waals surface area contributed by atoms with Crippen LogP contribution in [-0.4, -0.2) is 39.5 Å². The van der Waals surface area contributed by atoms with E-state index < -0.39 is 0 Å². The molecule has 27 heavy (non-hydrogen) atoms. The average Bonchev–Trinajstić information content (AvgIpc) is 3.20. The summed E-state index contributed by atoms with van der Waals surface area (Å²) in [7, 11) is 0. The van der Waals surface area contributed by atoms with E-state index in [0.717, 1.165) is 36.5 Å². The van der Waals surface area contributed by atoms with Crippen molar-refractivity contribution in [2.45, 2.75) is 25.6 Å². The largest absolute Gasteiger partial charge is 0.473 e. The molecule has 6 nitrogen and oxygen atoms in total. The fourth-order valence-electron chi connectivity index (χ4n) is 3.10. The summed E-state index contributed by atoms with van der Waals surface area (Å²) in [6, 6.07) is 11.9. The third kappa shape index (κ3) is 4.21. The highest BCUT2D eigenvalue weighted by atomic mass is 35.5. The van der Waals surface area contributed by atoms with Crippen LogP contribution in [0.5, 0.6) is 5.88 Å². The van der Waals surface area contributed by atoms with Gasteiger partial charge in [0.05, 0.1) is 6.61 Å². The molecule has 0 atom stereocenters. The summed E-state index contributed by atoms with van der Waals surface area (Å²) in [5.74, 6) is 0.515. The number of halogens is 1. The molecule has 0 radical (unpaired) electrons. The second-order valence-corrected chi connectivity index (χ2v) is 7.77. The van der Waals surface area contributed by atoms with Crippen molar-refractivity contribution in [3.05, 3.63) is 52.6 Å². The predicted molar refractivity (Wildman–Crippen MR) is 106 cm³/mol. The van der Waals surface area contributed by atoms with Crippen LogP contribution in [0.15, 0.2) is 42.6 Å². The normalized spacial score (nSPS) is 15.1. The van der Waals surface area contributed by atoms with Crippen molar-refractivity contribution in [1.29, 1.82) is 0 Å². The summed E-state index contributed by atoms with van der Waals surface area (Å²) in [5, 5.41) is 19.2. The maximum Gasteiger partial charge on any atom is 0.232 e. The van der Waals surface area contributed by atoms with E-state index in [1.165, 1.54) is 17.0 Å². The molecule has 1 saturated heterocycles. The number of nitrogens with zero attached hydrogens (tertiary/aromatic N) is 4. The number of aliphatic hydroxyl groups is 1. The lowest BCUT2D eigenvalue weighted by atomic mass is 10.1. The lowest BCUT2D eigenvalue weighted by Crippen LogP contribution is -2.38. The first-order valence-electron chi connectivity index (χ1n) is 8.79. The number of pyridine rings is 1. The molecular formula is C19H19ClN4O2S. The van der Waals surface area contributed by atoms with Crippen molar-refractivity contribution in [3.63, 3.8) is 0 Å². The number of hydrogen-bond acceptors (Lipinski definition) is 7. The minimum absolute atomic E-state index is 0.0729. The molecule has 1 fully saturated rings. The smallest absolute Gasteiger partial charge is 0.232 e. The van der Waals surface area contributed by atoms with E-state index in [4.69, 9.17) is 21.4 Å². The summed E-state index contributed by atoms with van der Waals surface area (Å²) in [6.45, 7) is 1.76. The zero-order chi connectivity index (χ0) is 18.6. The van der Waals surface area contributed by atoms with Crippen LogP contribution in [0.25, 0.3) is 10.6 Å². The Morgan fingerprint density at radius 1 is 1.15 bits per heavy atom. The van der Waals surface area contributed by atoms with Gasteiger partial charge in [0.2, 0.25) is 5.88 Å². The van der Waals surface area contributed by atoms with Gasteiger partial charge < -0.3 is 14.7 Å². The summed E-state index contributed by atoms with van der Waals surface area (Å²) in [4.78, 5) is 6.55. The maximum absolute atomic E-state index is 9.12. The second kappa shape index (κ2) is 8.21.